The second kappa shape index (κ2) is 5.95. The Morgan fingerprint density at radius 1 is 1.54 bits per heavy atom. The molecular formula is C9H11NO3. The molecule has 0 rings (SSSR count). The van der Waals surface area contributed by atoms with Gasteiger partial charge in [0.2, 0.25) is 0 Å². The smallest absolute Gasteiger partial charge is 0.183 e. The average molecular weight is 181 g/mol. The summed E-state index contributed by atoms with van der Waals surface area (Å²) < 4.78 is 4.77. The van der Waals surface area contributed by atoms with Crippen LogP contribution in [-0.2, 0) is 14.3 Å². The van der Waals surface area contributed by atoms with E-state index in [0.717, 1.165) is 6.26 Å². The lowest BCUT2D eigenvalue weighted by Gasteiger charge is -1.96. The fraction of sp³-hybridized carbons (Fsp3) is 0.444. The van der Waals surface area contributed by atoms with E-state index in [4.69, 9.17) is 10.00 Å². The van der Waals surface area contributed by atoms with Crippen LogP contribution < -0.4 is 0 Å². The lowest BCUT2D eigenvalue weighted by atomic mass is 10.1. The minimum Gasteiger partial charge on any atom is -0.500 e. The Hall–Kier alpha value is -1.63. The molecule has 0 aliphatic heterocycles. The largest absolute Gasteiger partial charge is 0.500 e. The van der Waals surface area contributed by atoms with Crippen LogP contribution in [0.3, 0.4) is 0 Å². The zero-order valence-electron chi connectivity index (χ0n) is 7.66. The van der Waals surface area contributed by atoms with Gasteiger partial charge in [-0.1, -0.05) is 0 Å². The average Bonchev–Trinajstić information content (AvgIpc) is 2.04. The number of Topliss-reactive ketones (excluding diaryl/α,β-unsaturated/α-hetero) is 2. The van der Waals surface area contributed by atoms with Crippen LogP contribution in [0.15, 0.2) is 11.8 Å². The molecule has 0 aliphatic carbocycles. The first-order chi connectivity index (χ1) is 6.11. The molecule has 0 heterocycles. The maximum absolute atomic E-state index is 11.1. The molecule has 0 atom stereocenters. The summed E-state index contributed by atoms with van der Waals surface area (Å²) >= 11 is 0. The first kappa shape index (κ1) is 11.4. The fourth-order valence-corrected chi connectivity index (χ4v) is 0.642. The number of ether oxygens (including phenoxy) is 1. The van der Waals surface area contributed by atoms with Gasteiger partial charge in [-0.15, -0.1) is 0 Å². The van der Waals surface area contributed by atoms with Gasteiger partial charge >= 0.3 is 0 Å². The van der Waals surface area contributed by atoms with E-state index in [2.05, 4.69) is 0 Å². The Balaban J connectivity index is 4.34. The van der Waals surface area contributed by atoms with Crippen molar-refractivity contribution in [2.75, 3.05) is 6.61 Å². The lowest BCUT2D eigenvalue weighted by Crippen LogP contribution is -2.06. The van der Waals surface area contributed by atoms with E-state index in [1.807, 2.05) is 0 Å². The topological polar surface area (TPSA) is 67.2 Å². The van der Waals surface area contributed by atoms with Crippen molar-refractivity contribution >= 4 is 11.6 Å². The normalized spacial score (nSPS) is 10.4. The number of hydrogen-bond acceptors (Lipinski definition) is 4. The van der Waals surface area contributed by atoms with E-state index in [9.17, 15) is 9.59 Å². The van der Waals surface area contributed by atoms with Crippen LogP contribution in [0.2, 0.25) is 0 Å². The summed E-state index contributed by atoms with van der Waals surface area (Å²) in [5.74, 6) is -0.758. The second-order valence-electron chi connectivity index (χ2n) is 2.40. The molecule has 0 saturated carbocycles. The van der Waals surface area contributed by atoms with Crippen molar-refractivity contribution in [3.8, 4) is 6.07 Å². The van der Waals surface area contributed by atoms with Crippen molar-refractivity contribution in [3.05, 3.63) is 11.8 Å². The van der Waals surface area contributed by atoms with E-state index < -0.39 is 5.78 Å². The molecule has 0 aromatic rings. The monoisotopic (exact) mass is 181 g/mol. The molecule has 0 saturated heterocycles. The number of nitrogens with zero attached hydrogens (tertiary/aromatic N) is 1. The van der Waals surface area contributed by atoms with Crippen molar-refractivity contribution in [1.29, 1.82) is 5.26 Å². The summed E-state index contributed by atoms with van der Waals surface area (Å²) in [7, 11) is 0. The molecular weight excluding hydrogens is 170 g/mol. The standard InChI is InChI=1S/C9H11NO3/c1-3-13-6-8(5-10)9(12)4-7(2)11/h6H,3-4H2,1-2H3/b8-6+. The third-order valence-electron chi connectivity index (χ3n) is 1.20. The quantitative estimate of drug-likeness (QED) is 0.274. The van der Waals surface area contributed by atoms with Crippen LogP contribution >= 0.6 is 0 Å². The van der Waals surface area contributed by atoms with Gasteiger partial charge in [-0.3, -0.25) is 9.59 Å². The van der Waals surface area contributed by atoms with Gasteiger partial charge in [-0.05, 0) is 13.8 Å². The molecule has 0 radical (unpaired) electrons. The molecule has 0 N–H and O–H groups in total. The first-order valence-corrected chi connectivity index (χ1v) is 3.86. The van der Waals surface area contributed by atoms with E-state index in [1.165, 1.54) is 6.92 Å². The predicted octanol–water partition coefficient (Wildman–Crippen LogP) is 0.979. The lowest BCUT2D eigenvalue weighted by molar-refractivity contribution is -0.123. The molecule has 4 nitrogen and oxygen atoms in total. The molecule has 0 aromatic carbocycles. The summed E-state index contributed by atoms with van der Waals surface area (Å²) in [6.07, 6.45) is 0.845. The third kappa shape index (κ3) is 4.75. The Kier molecular flexibility index (Phi) is 5.20. The Morgan fingerprint density at radius 2 is 2.15 bits per heavy atom. The van der Waals surface area contributed by atoms with Gasteiger partial charge in [0, 0.05) is 0 Å². The third-order valence-corrected chi connectivity index (χ3v) is 1.20. The van der Waals surface area contributed by atoms with Crippen molar-refractivity contribution in [2.24, 2.45) is 0 Å². The van der Waals surface area contributed by atoms with Gasteiger partial charge in [0.25, 0.3) is 0 Å². The van der Waals surface area contributed by atoms with Gasteiger partial charge in [0.1, 0.15) is 23.7 Å². The van der Waals surface area contributed by atoms with Crippen LogP contribution in [-0.4, -0.2) is 18.2 Å². The van der Waals surface area contributed by atoms with Crippen molar-refractivity contribution < 1.29 is 14.3 Å². The van der Waals surface area contributed by atoms with Gasteiger partial charge in [0.15, 0.2) is 5.78 Å². The number of hydrogen-bond donors (Lipinski definition) is 0. The molecule has 0 amide bonds. The Bertz CT molecular complexity index is 273. The molecule has 70 valence electrons. The second-order valence-corrected chi connectivity index (χ2v) is 2.40. The van der Waals surface area contributed by atoms with Gasteiger partial charge in [0.05, 0.1) is 13.0 Å². The van der Waals surface area contributed by atoms with E-state index in [0.29, 0.717) is 6.61 Å². The van der Waals surface area contributed by atoms with Crippen molar-refractivity contribution in [3.63, 3.8) is 0 Å². The number of ketones is 2. The summed E-state index contributed by atoms with van der Waals surface area (Å²) in [5, 5.41) is 8.51. The summed E-state index contributed by atoms with van der Waals surface area (Å²) in [4.78, 5) is 21.6. The molecule has 0 aliphatic rings. The highest BCUT2D eigenvalue weighted by molar-refractivity contribution is 6.08. The van der Waals surface area contributed by atoms with Crippen LogP contribution in [0.1, 0.15) is 20.3 Å². The van der Waals surface area contributed by atoms with E-state index >= 15 is 0 Å². The number of nitriles is 1. The highest BCUT2D eigenvalue weighted by Gasteiger charge is 2.11. The number of allylic oxidation sites excluding steroid dienone is 1. The molecule has 0 bridgehead atoms. The number of carbonyl (C=O) groups is 2. The minimum atomic E-state index is -0.497. The van der Waals surface area contributed by atoms with Crippen LogP contribution in [0.5, 0.6) is 0 Å². The van der Waals surface area contributed by atoms with Gasteiger partial charge < -0.3 is 4.74 Å². The van der Waals surface area contributed by atoms with Crippen molar-refractivity contribution in [2.45, 2.75) is 20.3 Å². The minimum absolute atomic E-state index is 0.114. The highest BCUT2D eigenvalue weighted by atomic mass is 16.5. The predicted molar refractivity (Wildman–Crippen MR) is 45.6 cm³/mol. The highest BCUT2D eigenvalue weighted by Crippen LogP contribution is 2.00. The Labute approximate surface area is 76.8 Å². The van der Waals surface area contributed by atoms with E-state index in [-0.39, 0.29) is 17.8 Å². The number of rotatable bonds is 5. The molecule has 0 unspecified atom stereocenters. The van der Waals surface area contributed by atoms with Crippen molar-refractivity contribution in [1.82, 2.24) is 0 Å². The summed E-state index contributed by atoms with van der Waals surface area (Å²) in [6, 6.07) is 1.68. The molecule has 0 fully saturated rings. The maximum atomic E-state index is 11.1. The molecule has 4 heteroatoms. The SMILES string of the molecule is CCO/C=C(\C#N)C(=O)CC(C)=O. The Morgan fingerprint density at radius 3 is 2.54 bits per heavy atom. The zero-order chi connectivity index (χ0) is 10.3. The van der Waals surface area contributed by atoms with Gasteiger partial charge in [-0.25, -0.2) is 0 Å². The molecule has 0 aromatic heterocycles. The fourth-order valence-electron chi connectivity index (χ4n) is 0.642. The van der Waals surface area contributed by atoms with Crippen LogP contribution in [0.4, 0.5) is 0 Å². The first-order valence-electron chi connectivity index (χ1n) is 3.86. The molecule has 0 spiro atoms. The maximum Gasteiger partial charge on any atom is 0.183 e. The molecule has 13 heavy (non-hydrogen) atoms. The zero-order valence-corrected chi connectivity index (χ0v) is 7.66. The van der Waals surface area contributed by atoms with Crippen LogP contribution in [0.25, 0.3) is 0 Å². The van der Waals surface area contributed by atoms with Crippen LogP contribution in [0, 0.1) is 11.3 Å². The summed E-state index contributed by atoms with van der Waals surface area (Å²) in [6.45, 7) is 3.42. The number of carbonyl (C=O) groups excluding carboxylic acids is 2. The summed E-state index contributed by atoms with van der Waals surface area (Å²) in [5.41, 5.74) is -0.114. The van der Waals surface area contributed by atoms with E-state index in [1.54, 1.807) is 13.0 Å². The van der Waals surface area contributed by atoms with Gasteiger partial charge in [-0.2, -0.15) is 5.26 Å².